The molecule has 0 aliphatic heterocycles. The molecular formula is C14H15BrClNO. The SMILES string of the molecule is CCNC(Cc1ccccc1Cl)c1ccc(Br)o1. The molecule has 1 aromatic heterocycles. The third-order valence-electron chi connectivity index (χ3n) is 2.77. The van der Waals surface area contributed by atoms with Gasteiger partial charge in [-0.1, -0.05) is 36.7 Å². The number of hydrogen-bond donors (Lipinski definition) is 1. The van der Waals surface area contributed by atoms with E-state index in [1.807, 2.05) is 36.4 Å². The first-order valence-electron chi connectivity index (χ1n) is 5.92. The lowest BCUT2D eigenvalue weighted by molar-refractivity contribution is 0.405. The molecule has 1 N–H and O–H groups in total. The molecule has 0 saturated carbocycles. The highest BCUT2D eigenvalue weighted by Gasteiger charge is 2.16. The predicted molar refractivity (Wildman–Crippen MR) is 78.0 cm³/mol. The number of likely N-dealkylation sites (N-methyl/N-ethyl adjacent to an activating group) is 1. The molecule has 0 spiro atoms. The van der Waals surface area contributed by atoms with E-state index in [1.165, 1.54) is 0 Å². The third-order valence-corrected chi connectivity index (χ3v) is 3.56. The second kappa shape index (κ2) is 6.41. The Bertz CT molecular complexity index is 512. The maximum absolute atomic E-state index is 6.19. The Balaban J connectivity index is 2.19. The van der Waals surface area contributed by atoms with Gasteiger partial charge in [-0.05, 0) is 52.7 Å². The Morgan fingerprint density at radius 3 is 2.67 bits per heavy atom. The van der Waals surface area contributed by atoms with Crippen molar-refractivity contribution in [3.05, 3.63) is 57.4 Å². The fourth-order valence-electron chi connectivity index (χ4n) is 1.92. The normalized spacial score (nSPS) is 12.6. The van der Waals surface area contributed by atoms with Crippen LogP contribution < -0.4 is 5.32 Å². The van der Waals surface area contributed by atoms with E-state index in [1.54, 1.807) is 0 Å². The molecule has 1 unspecified atom stereocenters. The van der Waals surface area contributed by atoms with Crippen molar-refractivity contribution >= 4 is 27.5 Å². The Kier molecular flexibility index (Phi) is 4.87. The van der Waals surface area contributed by atoms with Crippen LogP contribution in [0.15, 0.2) is 45.5 Å². The average molecular weight is 329 g/mol. The molecular weight excluding hydrogens is 314 g/mol. The van der Waals surface area contributed by atoms with E-state index < -0.39 is 0 Å². The molecule has 0 bridgehead atoms. The van der Waals surface area contributed by atoms with Crippen LogP contribution in [0.2, 0.25) is 5.02 Å². The van der Waals surface area contributed by atoms with Crippen LogP contribution in [-0.2, 0) is 6.42 Å². The van der Waals surface area contributed by atoms with Crippen LogP contribution in [0.5, 0.6) is 0 Å². The minimum absolute atomic E-state index is 0.140. The molecule has 1 atom stereocenters. The number of nitrogens with one attached hydrogen (secondary N) is 1. The van der Waals surface area contributed by atoms with Crippen LogP contribution in [-0.4, -0.2) is 6.54 Å². The van der Waals surface area contributed by atoms with Gasteiger partial charge < -0.3 is 9.73 Å². The predicted octanol–water partition coefficient (Wildman–Crippen LogP) is 4.59. The lowest BCUT2D eigenvalue weighted by Gasteiger charge is -2.16. The third kappa shape index (κ3) is 3.37. The van der Waals surface area contributed by atoms with Crippen LogP contribution in [0.4, 0.5) is 0 Å². The van der Waals surface area contributed by atoms with Gasteiger partial charge >= 0.3 is 0 Å². The summed E-state index contributed by atoms with van der Waals surface area (Å²) in [4.78, 5) is 0. The number of rotatable bonds is 5. The van der Waals surface area contributed by atoms with Gasteiger partial charge in [-0.3, -0.25) is 0 Å². The van der Waals surface area contributed by atoms with Crippen LogP contribution >= 0.6 is 27.5 Å². The summed E-state index contributed by atoms with van der Waals surface area (Å²) in [5.74, 6) is 0.920. The summed E-state index contributed by atoms with van der Waals surface area (Å²) in [7, 11) is 0. The zero-order valence-electron chi connectivity index (χ0n) is 10.1. The van der Waals surface area contributed by atoms with Crippen molar-refractivity contribution in [3.8, 4) is 0 Å². The molecule has 2 rings (SSSR count). The van der Waals surface area contributed by atoms with E-state index in [0.29, 0.717) is 0 Å². The maximum atomic E-state index is 6.19. The fourth-order valence-corrected chi connectivity index (χ4v) is 2.45. The highest BCUT2D eigenvalue weighted by molar-refractivity contribution is 9.10. The minimum Gasteiger partial charge on any atom is -0.453 e. The van der Waals surface area contributed by atoms with Crippen LogP contribution in [0.1, 0.15) is 24.3 Å². The van der Waals surface area contributed by atoms with Gasteiger partial charge in [0.15, 0.2) is 4.67 Å². The van der Waals surface area contributed by atoms with Crippen molar-refractivity contribution in [2.75, 3.05) is 6.54 Å². The van der Waals surface area contributed by atoms with Gasteiger partial charge in [0.1, 0.15) is 5.76 Å². The summed E-state index contributed by atoms with van der Waals surface area (Å²) < 4.78 is 6.37. The fraction of sp³-hybridized carbons (Fsp3) is 0.286. The summed E-state index contributed by atoms with van der Waals surface area (Å²) in [5.41, 5.74) is 1.12. The number of benzene rings is 1. The summed E-state index contributed by atoms with van der Waals surface area (Å²) in [6.07, 6.45) is 0.813. The van der Waals surface area contributed by atoms with Crippen molar-refractivity contribution in [1.82, 2.24) is 5.32 Å². The van der Waals surface area contributed by atoms with Crippen molar-refractivity contribution in [2.24, 2.45) is 0 Å². The Labute approximate surface area is 120 Å². The molecule has 4 heteroatoms. The van der Waals surface area contributed by atoms with Crippen LogP contribution in [0, 0.1) is 0 Å². The van der Waals surface area contributed by atoms with E-state index in [0.717, 1.165) is 34.0 Å². The van der Waals surface area contributed by atoms with Gasteiger partial charge in [0.05, 0.1) is 6.04 Å². The van der Waals surface area contributed by atoms with Crippen molar-refractivity contribution in [1.29, 1.82) is 0 Å². The molecule has 0 radical (unpaired) electrons. The van der Waals surface area contributed by atoms with E-state index in [9.17, 15) is 0 Å². The topological polar surface area (TPSA) is 25.2 Å². The number of halogens is 2. The smallest absolute Gasteiger partial charge is 0.169 e. The van der Waals surface area contributed by atoms with Gasteiger partial charge in [0.2, 0.25) is 0 Å². The second-order valence-electron chi connectivity index (χ2n) is 4.05. The van der Waals surface area contributed by atoms with Crippen molar-refractivity contribution < 1.29 is 4.42 Å². The monoisotopic (exact) mass is 327 g/mol. The van der Waals surface area contributed by atoms with E-state index in [-0.39, 0.29) is 6.04 Å². The lowest BCUT2D eigenvalue weighted by atomic mass is 10.0. The van der Waals surface area contributed by atoms with Gasteiger partial charge in [-0.2, -0.15) is 0 Å². The highest BCUT2D eigenvalue weighted by Crippen LogP contribution is 2.26. The zero-order valence-corrected chi connectivity index (χ0v) is 12.5. The molecule has 0 aliphatic carbocycles. The summed E-state index contributed by atoms with van der Waals surface area (Å²) in [6, 6.07) is 11.9. The van der Waals surface area contributed by atoms with Gasteiger partial charge in [-0.15, -0.1) is 0 Å². The van der Waals surface area contributed by atoms with Crippen molar-refractivity contribution in [2.45, 2.75) is 19.4 Å². The molecule has 2 aromatic rings. The maximum Gasteiger partial charge on any atom is 0.169 e. The van der Waals surface area contributed by atoms with Gasteiger partial charge in [0, 0.05) is 5.02 Å². The average Bonchev–Trinajstić information content (AvgIpc) is 2.78. The first-order chi connectivity index (χ1) is 8.70. The molecule has 0 fully saturated rings. The standard InChI is InChI=1S/C14H15BrClNO/c1-2-17-12(13-7-8-14(15)18-13)9-10-5-3-4-6-11(10)16/h3-8,12,17H,2,9H2,1H3. The van der Waals surface area contributed by atoms with Crippen LogP contribution in [0.3, 0.4) is 0 Å². The summed E-state index contributed by atoms with van der Waals surface area (Å²) in [6.45, 7) is 2.96. The molecule has 18 heavy (non-hydrogen) atoms. The van der Waals surface area contributed by atoms with E-state index >= 15 is 0 Å². The Morgan fingerprint density at radius 2 is 2.06 bits per heavy atom. The quantitative estimate of drug-likeness (QED) is 0.868. The second-order valence-corrected chi connectivity index (χ2v) is 5.24. The first kappa shape index (κ1) is 13.7. The summed E-state index contributed by atoms with van der Waals surface area (Å²) >= 11 is 9.52. The number of hydrogen-bond acceptors (Lipinski definition) is 2. The minimum atomic E-state index is 0.140. The molecule has 0 saturated heterocycles. The lowest BCUT2D eigenvalue weighted by Crippen LogP contribution is -2.22. The molecule has 0 aliphatic rings. The molecule has 2 nitrogen and oxygen atoms in total. The molecule has 0 amide bonds. The Hall–Kier alpha value is -0.770. The number of furan rings is 1. The molecule has 1 aromatic carbocycles. The van der Waals surface area contributed by atoms with Crippen molar-refractivity contribution in [3.63, 3.8) is 0 Å². The van der Waals surface area contributed by atoms with Crippen LogP contribution in [0.25, 0.3) is 0 Å². The first-order valence-corrected chi connectivity index (χ1v) is 7.10. The Morgan fingerprint density at radius 1 is 1.28 bits per heavy atom. The van der Waals surface area contributed by atoms with Gasteiger partial charge in [-0.25, -0.2) is 0 Å². The van der Waals surface area contributed by atoms with E-state index in [4.69, 9.17) is 16.0 Å². The zero-order chi connectivity index (χ0) is 13.0. The molecule has 96 valence electrons. The van der Waals surface area contributed by atoms with Gasteiger partial charge in [0.25, 0.3) is 0 Å². The highest BCUT2D eigenvalue weighted by atomic mass is 79.9. The van der Waals surface area contributed by atoms with E-state index in [2.05, 4.69) is 28.2 Å². The molecule has 1 heterocycles. The summed E-state index contributed by atoms with van der Waals surface area (Å²) in [5, 5.41) is 4.21. The largest absolute Gasteiger partial charge is 0.453 e.